The first kappa shape index (κ1) is 13.9. The van der Waals surface area contributed by atoms with Crippen LogP contribution in [0.5, 0.6) is 0 Å². The third-order valence-electron chi connectivity index (χ3n) is 2.75. The number of unbranched alkanes of at least 4 members (excludes halogenated alkanes) is 1. The van der Waals surface area contributed by atoms with Crippen LogP contribution in [0, 0.1) is 5.82 Å². The van der Waals surface area contributed by atoms with E-state index in [2.05, 4.69) is 6.92 Å². The number of halogens is 1. The van der Waals surface area contributed by atoms with Crippen molar-refractivity contribution in [2.75, 3.05) is 25.4 Å². The molecule has 3 nitrogen and oxygen atoms in total. The highest BCUT2D eigenvalue weighted by Crippen LogP contribution is 2.16. The lowest BCUT2D eigenvalue weighted by Crippen LogP contribution is -2.28. The molecule has 0 radical (unpaired) electrons. The predicted molar refractivity (Wildman–Crippen MR) is 68.1 cm³/mol. The van der Waals surface area contributed by atoms with Crippen LogP contribution < -0.4 is 5.73 Å². The Labute approximate surface area is 102 Å². The van der Waals surface area contributed by atoms with Crippen molar-refractivity contribution in [3.8, 4) is 0 Å². The largest absolute Gasteiger partial charge is 0.396 e. The van der Waals surface area contributed by atoms with Gasteiger partial charge in [0, 0.05) is 18.7 Å². The highest BCUT2D eigenvalue weighted by Gasteiger charge is 2.10. The summed E-state index contributed by atoms with van der Waals surface area (Å²) in [5.74, 6) is -0.341. The summed E-state index contributed by atoms with van der Waals surface area (Å²) in [6.45, 7) is 4.13. The van der Waals surface area contributed by atoms with Crippen molar-refractivity contribution in [3.63, 3.8) is 0 Å². The van der Waals surface area contributed by atoms with E-state index in [1.165, 1.54) is 0 Å². The van der Waals surface area contributed by atoms with E-state index in [0.29, 0.717) is 18.7 Å². The maximum atomic E-state index is 13.7. The van der Waals surface area contributed by atoms with Crippen LogP contribution in [0.15, 0.2) is 18.2 Å². The second-order valence-electron chi connectivity index (χ2n) is 4.17. The van der Waals surface area contributed by atoms with Gasteiger partial charge < -0.3 is 10.8 Å². The number of benzene rings is 1. The van der Waals surface area contributed by atoms with E-state index in [0.717, 1.165) is 19.4 Å². The Balaban J connectivity index is 2.67. The molecule has 4 heteroatoms. The van der Waals surface area contributed by atoms with Gasteiger partial charge in [-0.3, -0.25) is 4.90 Å². The zero-order chi connectivity index (χ0) is 12.7. The fraction of sp³-hybridized carbons (Fsp3) is 0.538. The van der Waals surface area contributed by atoms with E-state index in [1.54, 1.807) is 18.2 Å². The van der Waals surface area contributed by atoms with E-state index in [-0.39, 0.29) is 18.1 Å². The van der Waals surface area contributed by atoms with Crippen molar-refractivity contribution in [1.82, 2.24) is 4.90 Å². The molecule has 1 rings (SSSR count). The maximum absolute atomic E-state index is 13.7. The van der Waals surface area contributed by atoms with Crippen LogP contribution in [-0.2, 0) is 6.54 Å². The highest BCUT2D eigenvalue weighted by molar-refractivity contribution is 5.42. The SMILES string of the molecule is CCCCN(CCO)Cc1cccc(N)c1F. The van der Waals surface area contributed by atoms with Gasteiger partial charge in [-0.05, 0) is 19.0 Å². The van der Waals surface area contributed by atoms with Crippen LogP contribution in [-0.4, -0.2) is 29.7 Å². The maximum Gasteiger partial charge on any atom is 0.150 e. The first-order valence-corrected chi connectivity index (χ1v) is 6.05. The normalized spacial score (nSPS) is 11.1. The highest BCUT2D eigenvalue weighted by atomic mass is 19.1. The van der Waals surface area contributed by atoms with Crippen molar-refractivity contribution in [1.29, 1.82) is 0 Å². The van der Waals surface area contributed by atoms with Crippen molar-refractivity contribution in [2.24, 2.45) is 0 Å². The number of hydrogen-bond acceptors (Lipinski definition) is 3. The molecule has 96 valence electrons. The van der Waals surface area contributed by atoms with Crippen LogP contribution in [0.1, 0.15) is 25.3 Å². The summed E-state index contributed by atoms with van der Waals surface area (Å²) in [5.41, 5.74) is 6.30. The Hall–Kier alpha value is -1.13. The number of aliphatic hydroxyl groups is 1. The molecule has 1 aromatic carbocycles. The molecule has 17 heavy (non-hydrogen) atoms. The smallest absolute Gasteiger partial charge is 0.150 e. The number of nitrogens with two attached hydrogens (primary N) is 1. The Morgan fingerprint density at radius 1 is 1.35 bits per heavy atom. The monoisotopic (exact) mass is 240 g/mol. The lowest BCUT2D eigenvalue weighted by Gasteiger charge is -2.21. The Morgan fingerprint density at radius 2 is 2.12 bits per heavy atom. The Morgan fingerprint density at radius 3 is 2.76 bits per heavy atom. The minimum absolute atomic E-state index is 0.0909. The Kier molecular flexibility index (Phi) is 5.94. The number of rotatable bonds is 7. The molecular formula is C13H21FN2O. The van der Waals surface area contributed by atoms with Gasteiger partial charge in [0.1, 0.15) is 0 Å². The minimum atomic E-state index is -0.341. The quantitative estimate of drug-likeness (QED) is 0.717. The second kappa shape index (κ2) is 7.25. The topological polar surface area (TPSA) is 49.5 Å². The molecule has 0 aliphatic rings. The van der Waals surface area contributed by atoms with Gasteiger partial charge in [-0.1, -0.05) is 25.5 Å². The summed E-state index contributed by atoms with van der Waals surface area (Å²) in [6.07, 6.45) is 2.13. The molecule has 1 aromatic rings. The first-order chi connectivity index (χ1) is 8.19. The summed E-state index contributed by atoms with van der Waals surface area (Å²) in [6, 6.07) is 5.05. The van der Waals surface area contributed by atoms with Crippen LogP contribution in [0.3, 0.4) is 0 Å². The number of nitrogens with zero attached hydrogens (tertiary/aromatic N) is 1. The average molecular weight is 240 g/mol. The van der Waals surface area contributed by atoms with E-state index < -0.39 is 0 Å². The zero-order valence-corrected chi connectivity index (χ0v) is 10.3. The summed E-state index contributed by atoms with van der Waals surface area (Å²) >= 11 is 0. The molecule has 0 fully saturated rings. The van der Waals surface area contributed by atoms with Gasteiger partial charge in [0.05, 0.1) is 12.3 Å². The molecule has 0 saturated heterocycles. The molecule has 0 aliphatic carbocycles. The third-order valence-corrected chi connectivity index (χ3v) is 2.75. The number of aliphatic hydroxyl groups excluding tert-OH is 1. The van der Waals surface area contributed by atoms with Crippen molar-refractivity contribution in [3.05, 3.63) is 29.6 Å². The molecule has 0 aliphatic heterocycles. The average Bonchev–Trinajstić information content (AvgIpc) is 2.32. The molecule has 3 N–H and O–H groups in total. The standard InChI is InChI=1S/C13H21FN2O/c1-2-3-7-16(8-9-17)10-11-5-4-6-12(15)13(11)14/h4-6,17H,2-3,7-10,15H2,1H3. The minimum Gasteiger partial charge on any atom is -0.396 e. The zero-order valence-electron chi connectivity index (χ0n) is 10.3. The van der Waals surface area contributed by atoms with Gasteiger partial charge >= 0.3 is 0 Å². The lowest BCUT2D eigenvalue weighted by atomic mass is 10.1. The Bertz CT molecular complexity index is 344. The summed E-state index contributed by atoms with van der Waals surface area (Å²) in [5, 5.41) is 8.98. The van der Waals surface area contributed by atoms with Crippen LogP contribution in [0.2, 0.25) is 0 Å². The molecular weight excluding hydrogens is 219 g/mol. The molecule has 0 spiro atoms. The van der Waals surface area contributed by atoms with Crippen molar-refractivity contribution < 1.29 is 9.50 Å². The second-order valence-corrected chi connectivity index (χ2v) is 4.17. The fourth-order valence-corrected chi connectivity index (χ4v) is 1.76. The van der Waals surface area contributed by atoms with Crippen LogP contribution in [0.25, 0.3) is 0 Å². The molecule has 0 heterocycles. The van der Waals surface area contributed by atoms with Gasteiger partial charge in [0.2, 0.25) is 0 Å². The van der Waals surface area contributed by atoms with Crippen molar-refractivity contribution >= 4 is 5.69 Å². The predicted octanol–water partition coefficient (Wildman–Crippen LogP) is 2.00. The lowest BCUT2D eigenvalue weighted by molar-refractivity contribution is 0.187. The summed E-state index contributed by atoms with van der Waals surface area (Å²) in [4.78, 5) is 2.04. The van der Waals surface area contributed by atoms with Crippen LogP contribution in [0.4, 0.5) is 10.1 Å². The number of anilines is 1. The molecule has 0 saturated carbocycles. The molecule has 0 amide bonds. The van der Waals surface area contributed by atoms with E-state index in [1.807, 2.05) is 4.90 Å². The number of hydrogen-bond donors (Lipinski definition) is 2. The molecule has 0 aromatic heterocycles. The van der Waals surface area contributed by atoms with Gasteiger partial charge in [-0.15, -0.1) is 0 Å². The summed E-state index contributed by atoms with van der Waals surface area (Å²) < 4.78 is 13.7. The van der Waals surface area contributed by atoms with E-state index in [9.17, 15) is 4.39 Å². The van der Waals surface area contributed by atoms with Crippen LogP contribution >= 0.6 is 0 Å². The van der Waals surface area contributed by atoms with E-state index in [4.69, 9.17) is 10.8 Å². The van der Waals surface area contributed by atoms with E-state index >= 15 is 0 Å². The van der Waals surface area contributed by atoms with Gasteiger partial charge in [0.25, 0.3) is 0 Å². The van der Waals surface area contributed by atoms with Gasteiger partial charge in [-0.2, -0.15) is 0 Å². The molecule has 0 atom stereocenters. The molecule has 0 unspecified atom stereocenters. The molecule has 0 bridgehead atoms. The third kappa shape index (κ3) is 4.32. The summed E-state index contributed by atoms with van der Waals surface area (Å²) in [7, 11) is 0. The van der Waals surface area contributed by atoms with Gasteiger partial charge in [0.15, 0.2) is 5.82 Å². The van der Waals surface area contributed by atoms with Crippen molar-refractivity contribution in [2.45, 2.75) is 26.3 Å². The van der Waals surface area contributed by atoms with Gasteiger partial charge in [-0.25, -0.2) is 4.39 Å². The number of nitrogen functional groups attached to an aromatic ring is 1. The first-order valence-electron chi connectivity index (χ1n) is 6.05. The fourth-order valence-electron chi connectivity index (χ4n) is 1.76.